The third kappa shape index (κ3) is 2.15. The van der Waals surface area contributed by atoms with E-state index in [4.69, 9.17) is 4.74 Å². The summed E-state index contributed by atoms with van der Waals surface area (Å²) in [4.78, 5) is 24.4. The molecule has 0 radical (unpaired) electrons. The highest BCUT2D eigenvalue weighted by molar-refractivity contribution is 5.80. The Bertz CT molecular complexity index is 590. The van der Waals surface area contributed by atoms with E-state index in [0.717, 1.165) is 18.3 Å². The number of hydrogen-bond donors (Lipinski definition) is 0. The normalized spacial score (nSPS) is 46.3. The van der Waals surface area contributed by atoms with Crippen molar-refractivity contribution in [2.75, 3.05) is 0 Å². The van der Waals surface area contributed by atoms with Gasteiger partial charge < -0.3 is 4.74 Å². The molecule has 0 aromatic rings. The quantitative estimate of drug-likeness (QED) is 0.450. The summed E-state index contributed by atoms with van der Waals surface area (Å²) in [6, 6.07) is 0. The summed E-state index contributed by atoms with van der Waals surface area (Å²) in [5.41, 5.74) is -1.04. The third-order valence-corrected chi connectivity index (χ3v) is 7.16. The molecule has 0 N–H and O–H groups in total. The monoisotopic (exact) mass is 316 g/mol. The van der Waals surface area contributed by atoms with Crippen LogP contribution < -0.4 is 0 Å². The molecule has 4 rings (SSSR count). The molecule has 3 heteroatoms. The van der Waals surface area contributed by atoms with Gasteiger partial charge in [-0.2, -0.15) is 0 Å². The number of Topliss-reactive ketones (excluding diaryl/α,β-unsaturated/α-hetero) is 1. The number of allylic oxidation sites excluding steroid dienone is 2. The molecule has 7 atom stereocenters. The van der Waals surface area contributed by atoms with Crippen LogP contribution in [0.25, 0.3) is 0 Å². The summed E-state index contributed by atoms with van der Waals surface area (Å²) >= 11 is 0. The van der Waals surface area contributed by atoms with Crippen LogP contribution in [0.15, 0.2) is 12.2 Å². The Morgan fingerprint density at radius 3 is 2.48 bits per heavy atom. The van der Waals surface area contributed by atoms with Crippen LogP contribution in [0.4, 0.5) is 0 Å². The topological polar surface area (TPSA) is 43.4 Å². The molecule has 0 aromatic carbocycles. The number of rotatable bonds is 4. The molecule has 23 heavy (non-hydrogen) atoms. The largest absolute Gasteiger partial charge is 0.459 e. The lowest BCUT2D eigenvalue weighted by atomic mass is 9.63. The van der Waals surface area contributed by atoms with Crippen molar-refractivity contribution in [3.8, 4) is 0 Å². The van der Waals surface area contributed by atoms with Gasteiger partial charge in [-0.05, 0) is 82.5 Å². The van der Waals surface area contributed by atoms with Crippen LogP contribution in [0.2, 0.25) is 0 Å². The Balaban J connectivity index is 1.53. The molecule has 0 saturated heterocycles. The molecule has 7 unspecified atom stereocenters. The first-order chi connectivity index (χ1) is 10.7. The average molecular weight is 316 g/mol. The number of carbonyl (C=O) groups excluding carboxylic acids is 2. The maximum Gasteiger partial charge on any atom is 0.312 e. The van der Waals surface area contributed by atoms with Gasteiger partial charge in [0.05, 0.1) is 5.41 Å². The summed E-state index contributed by atoms with van der Waals surface area (Å²) in [5, 5.41) is 0. The molecular weight excluding hydrogens is 288 g/mol. The minimum atomic E-state index is -0.693. The van der Waals surface area contributed by atoms with Gasteiger partial charge in [-0.1, -0.05) is 12.2 Å². The molecule has 4 bridgehead atoms. The highest BCUT2D eigenvalue weighted by Gasteiger charge is 2.67. The SMILES string of the molecule is CC(=O)CC(C)(C)OC(=O)C1(C)CC2CC1C1C3C=CC(C3)C21. The molecular formula is C20H28O3. The van der Waals surface area contributed by atoms with Gasteiger partial charge in [-0.3, -0.25) is 9.59 Å². The fourth-order valence-corrected chi connectivity index (χ4v) is 6.61. The first-order valence-corrected chi connectivity index (χ1v) is 9.12. The number of ketones is 1. The fourth-order valence-electron chi connectivity index (χ4n) is 6.61. The second-order valence-electron chi connectivity index (χ2n) is 9.35. The zero-order chi connectivity index (χ0) is 16.6. The number of ether oxygens (including phenoxy) is 1. The lowest BCUT2D eigenvalue weighted by Crippen LogP contribution is -2.45. The molecule has 4 aliphatic carbocycles. The maximum atomic E-state index is 13.0. The van der Waals surface area contributed by atoms with Crippen LogP contribution in [0.3, 0.4) is 0 Å². The van der Waals surface area contributed by atoms with Gasteiger partial charge in [0, 0.05) is 6.42 Å². The van der Waals surface area contributed by atoms with E-state index in [1.807, 2.05) is 13.8 Å². The van der Waals surface area contributed by atoms with Crippen molar-refractivity contribution in [2.24, 2.45) is 40.9 Å². The van der Waals surface area contributed by atoms with E-state index in [2.05, 4.69) is 19.1 Å². The van der Waals surface area contributed by atoms with E-state index in [1.165, 1.54) is 12.8 Å². The van der Waals surface area contributed by atoms with Crippen LogP contribution in [0.5, 0.6) is 0 Å². The molecule has 3 nitrogen and oxygen atoms in total. The Morgan fingerprint density at radius 1 is 1.17 bits per heavy atom. The average Bonchev–Trinajstić information content (AvgIpc) is 3.13. The lowest BCUT2D eigenvalue weighted by molar-refractivity contribution is -0.174. The molecule has 0 amide bonds. The first kappa shape index (κ1) is 15.4. The summed E-state index contributed by atoms with van der Waals surface area (Å²) in [6.07, 6.45) is 8.61. The van der Waals surface area contributed by atoms with Crippen molar-refractivity contribution < 1.29 is 14.3 Å². The molecule has 4 aliphatic rings. The van der Waals surface area contributed by atoms with Crippen LogP contribution in [0, 0.1) is 40.9 Å². The zero-order valence-corrected chi connectivity index (χ0v) is 14.7. The molecule has 0 aliphatic heterocycles. The van der Waals surface area contributed by atoms with Crippen LogP contribution in [-0.4, -0.2) is 17.4 Å². The van der Waals surface area contributed by atoms with Crippen molar-refractivity contribution >= 4 is 11.8 Å². The van der Waals surface area contributed by atoms with Crippen molar-refractivity contribution in [1.82, 2.24) is 0 Å². The van der Waals surface area contributed by atoms with Crippen molar-refractivity contribution in [2.45, 2.75) is 59.0 Å². The highest BCUT2D eigenvalue weighted by Crippen LogP contribution is 2.70. The van der Waals surface area contributed by atoms with E-state index in [-0.39, 0.29) is 17.2 Å². The molecule has 0 aromatic heterocycles. The van der Waals surface area contributed by atoms with Crippen molar-refractivity contribution in [3.63, 3.8) is 0 Å². The van der Waals surface area contributed by atoms with E-state index in [9.17, 15) is 9.59 Å². The van der Waals surface area contributed by atoms with E-state index in [0.29, 0.717) is 30.1 Å². The third-order valence-electron chi connectivity index (χ3n) is 7.16. The van der Waals surface area contributed by atoms with E-state index in [1.54, 1.807) is 6.92 Å². The minimum absolute atomic E-state index is 0.0681. The second-order valence-corrected chi connectivity index (χ2v) is 9.35. The summed E-state index contributed by atoms with van der Waals surface area (Å²) in [6.45, 7) is 7.38. The predicted octanol–water partition coefficient (Wildman–Crippen LogP) is 3.77. The number of carbonyl (C=O) groups is 2. The Hall–Kier alpha value is -1.12. The Kier molecular flexibility index (Phi) is 3.15. The van der Waals surface area contributed by atoms with Gasteiger partial charge >= 0.3 is 5.97 Å². The van der Waals surface area contributed by atoms with E-state index >= 15 is 0 Å². The molecule has 126 valence electrons. The van der Waals surface area contributed by atoms with Gasteiger partial charge in [-0.15, -0.1) is 0 Å². The van der Waals surface area contributed by atoms with Gasteiger partial charge in [0.1, 0.15) is 11.4 Å². The number of hydrogen-bond acceptors (Lipinski definition) is 3. The highest BCUT2D eigenvalue weighted by atomic mass is 16.6. The van der Waals surface area contributed by atoms with E-state index < -0.39 is 5.60 Å². The first-order valence-electron chi connectivity index (χ1n) is 9.12. The van der Waals surface area contributed by atoms with Crippen molar-refractivity contribution in [1.29, 1.82) is 0 Å². The Morgan fingerprint density at radius 2 is 1.83 bits per heavy atom. The maximum absolute atomic E-state index is 13.0. The van der Waals surface area contributed by atoms with Gasteiger partial charge in [0.15, 0.2) is 0 Å². The van der Waals surface area contributed by atoms with Gasteiger partial charge in [0.2, 0.25) is 0 Å². The van der Waals surface area contributed by atoms with Crippen LogP contribution >= 0.6 is 0 Å². The molecule has 0 spiro atoms. The van der Waals surface area contributed by atoms with Crippen molar-refractivity contribution in [3.05, 3.63) is 12.2 Å². The van der Waals surface area contributed by atoms with Gasteiger partial charge in [0.25, 0.3) is 0 Å². The summed E-state index contributed by atoms with van der Waals surface area (Å²) < 4.78 is 5.84. The summed E-state index contributed by atoms with van der Waals surface area (Å²) in [5.74, 6) is 4.14. The fraction of sp³-hybridized carbons (Fsp3) is 0.800. The minimum Gasteiger partial charge on any atom is -0.459 e. The van der Waals surface area contributed by atoms with Crippen LogP contribution in [0.1, 0.15) is 53.4 Å². The lowest BCUT2D eigenvalue weighted by Gasteiger charge is -2.43. The second kappa shape index (κ2) is 4.70. The van der Waals surface area contributed by atoms with Crippen LogP contribution in [-0.2, 0) is 14.3 Å². The number of esters is 1. The molecule has 3 fully saturated rings. The Labute approximate surface area is 138 Å². The molecule has 0 heterocycles. The van der Waals surface area contributed by atoms with Gasteiger partial charge in [-0.25, -0.2) is 0 Å². The number of fused-ring (bicyclic) bond motifs is 9. The standard InChI is InChI=1S/C20H28O3/c1-11(21)9-19(2,3)23-18(22)20(4)10-14-8-15(20)17-13-6-5-12(7-13)16(14)17/h5-6,12-17H,7-10H2,1-4H3. The smallest absolute Gasteiger partial charge is 0.312 e. The summed E-state index contributed by atoms with van der Waals surface area (Å²) in [7, 11) is 0. The predicted molar refractivity (Wildman–Crippen MR) is 87.5 cm³/mol. The zero-order valence-electron chi connectivity index (χ0n) is 14.7. The molecule has 3 saturated carbocycles.